The van der Waals surface area contributed by atoms with Crippen molar-refractivity contribution >= 4 is 6.29 Å². The summed E-state index contributed by atoms with van der Waals surface area (Å²) in [5.74, 6) is -0.239. The lowest BCUT2D eigenvalue weighted by atomic mass is 10.4. The summed E-state index contributed by atoms with van der Waals surface area (Å²) in [5, 5.41) is 0. The van der Waals surface area contributed by atoms with Gasteiger partial charge in [-0.25, -0.2) is 9.97 Å². The number of halogens is 3. The van der Waals surface area contributed by atoms with Crippen LogP contribution in [0.2, 0.25) is 0 Å². The highest BCUT2D eigenvalue weighted by Crippen LogP contribution is 2.22. The van der Waals surface area contributed by atoms with Gasteiger partial charge >= 0.3 is 6.36 Å². The van der Waals surface area contributed by atoms with E-state index < -0.39 is 12.2 Å². The van der Waals surface area contributed by atoms with E-state index in [1.807, 2.05) is 0 Å². The fourth-order valence-electron chi connectivity index (χ4n) is 1.22. The first-order valence-electron chi connectivity index (χ1n) is 5.20. The number of hydrogen-bond donors (Lipinski definition) is 0. The summed E-state index contributed by atoms with van der Waals surface area (Å²) in [6.45, 7) is -0.0883. The zero-order chi connectivity index (χ0) is 14.6. The number of alkyl halides is 3. The van der Waals surface area contributed by atoms with Crippen molar-refractivity contribution in [3.63, 3.8) is 0 Å². The molecule has 20 heavy (non-hydrogen) atoms. The molecule has 106 valence electrons. The quantitative estimate of drug-likeness (QED) is 0.786. The van der Waals surface area contributed by atoms with Gasteiger partial charge in [0.15, 0.2) is 12.9 Å². The highest BCUT2D eigenvalue weighted by Gasteiger charge is 2.31. The molecule has 0 saturated carbocycles. The molecule has 0 amide bonds. The third-order valence-corrected chi connectivity index (χ3v) is 1.98. The lowest BCUT2D eigenvalue weighted by molar-refractivity contribution is -0.276. The second-order valence-corrected chi connectivity index (χ2v) is 3.45. The van der Waals surface area contributed by atoms with Gasteiger partial charge in [0.2, 0.25) is 11.8 Å². The average molecular weight is 288 g/mol. The fourth-order valence-corrected chi connectivity index (χ4v) is 1.22. The first kappa shape index (κ1) is 13.8. The Morgan fingerprint density at radius 3 is 2.70 bits per heavy atom. The Morgan fingerprint density at radius 1 is 1.35 bits per heavy atom. The number of oxazole rings is 1. The van der Waals surface area contributed by atoms with Crippen molar-refractivity contribution in [3.8, 4) is 11.6 Å². The summed E-state index contributed by atoms with van der Waals surface area (Å²) in [6.07, 6.45) is -2.06. The van der Waals surface area contributed by atoms with Crippen LogP contribution in [0.15, 0.2) is 29.0 Å². The van der Waals surface area contributed by atoms with Gasteiger partial charge in [0.1, 0.15) is 17.7 Å². The normalized spacial score (nSPS) is 11.2. The standard InChI is InChI=1S/C11H7F3N2O4/c12-11(13,14)20-9-2-1-8(3-15-9)18-6-10-16-7(4-17)5-19-10/h1-5H,6H2. The summed E-state index contributed by atoms with van der Waals surface area (Å²) in [7, 11) is 0. The van der Waals surface area contributed by atoms with Crippen LogP contribution in [0.25, 0.3) is 0 Å². The van der Waals surface area contributed by atoms with Gasteiger partial charge in [0.25, 0.3) is 0 Å². The summed E-state index contributed by atoms with van der Waals surface area (Å²) in [5.41, 5.74) is 0.121. The average Bonchev–Trinajstić information content (AvgIpc) is 2.84. The largest absolute Gasteiger partial charge is 0.574 e. The maximum atomic E-state index is 11.9. The third-order valence-electron chi connectivity index (χ3n) is 1.98. The van der Waals surface area contributed by atoms with Crippen molar-refractivity contribution in [3.05, 3.63) is 36.2 Å². The lowest BCUT2D eigenvalue weighted by Crippen LogP contribution is -2.17. The molecule has 9 heteroatoms. The van der Waals surface area contributed by atoms with Crippen molar-refractivity contribution in [2.24, 2.45) is 0 Å². The van der Waals surface area contributed by atoms with Crippen LogP contribution in [0, 0.1) is 0 Å². The summed E-state index contributed by atoms with van der Waals surface area (Å²) in [4.78, 5) is 17.5. The Balaban J connectivity index is 1.92. The molecule has 2 aromatic heterocycles. The van der Waals surface area contributed by atoms with Gasteiger partial charge in [-0.05, 0) is 6.07 Å². The molecule has 0 atom stereocenters. The van der Waals surface area contributed by atoms with Crippen LogP contribution in [0.3, 0.4) is 0 Å². The Bertz CT molecular complexity index is 580. The predicted octanol–water partition coefficient (Wildman–Crippen LogP) is 2.36. The molecule has 0 aromatic carbocycles. The van der Waals surface area contributed by atoms with E-state index in [0.717, 1.165) is 18.5 Å². The van der Waals surface area contributed by atoms with Crippen molar-refractivity contribution in [1.82, 2.24) is 9.97 Å². The number of pyridine rings is 1. The molecular formula is C11H7F3N2O4. The van der Waals surface area contributed by atoms with E-state index in [2.05, 4.69) is 14.7 Å². The van der Waals surface area contributed by atoms with Gasteiger partial charge in [-0.1, -0.05) is 0 Å². The van der Waals surface area contributed by atoms with Gasteiger partial charge in [0.05, 0.1) is 6.20 Å². The molecule has 0 saturated heterocycles. The van der Waals surface area contributed by atoms with Crippen LogP contribution in [0.1, 0.15) is 16.4 Å². The van der Waals surface area contributed by atoms with Gasteiger partial charge in [-0.3, -0.25) is 4.79 Å². The Morgan fingerprint density at radius 2 is 2.15 bits per heavy atom. The molecule has 2 rings (SSSR count). The molecule has 0 unspecified atom stereocenters. The molecule has 0 fully saturated rings. The minimum absolute atomic E-state index is 0.0883. The molecular weight excluding hydrogens is 281 g/mol. The molecule has 0 aliphatic heterocycles. The van der Waals surface area contributed by atoms with Crippen LogP contribution < -0.4 is 9.47 Å². The van der Waals surface area contributed by atoms with Gasteiger partial charge in [0, 0.05) is 6.07 Å². The second-order valence-electron chi connectivity index (χ2n) is 3.45. The SMILES string of the molecule is O=Cc1coc(COc2ccc(OC(F)(F)F)nc2)n1. The van der Waals surface area contributed by atoms with E-state index in [1.54, 1.807) is 0 Å². The van der Waals surface area contributed by atoms with Crippen LogP contribution in [-0.2, 0) is 6.61 Å². The molecule has 0 spiro atoms. The number of nitrogens with zero attached hydrogens (tertiary/aromatic N) is 2. The summed E-state index contributed by atoms with van der Waals surface area (Å²) >= 11 is 0. The number of aldehydes is 1. The lowest BCUT2D eigenvalue weighted by Gasteiger charge is -2.08. The maximum Gasteiger partial charge on any atom is 0.574 e. The zero-order valence-electron chi connectivity index (χ0n) is 9.76. The van der Waals surface area contributed by atoms with E-state index in [0.29, 0.717) is 6.29 Å². The Kier molecular flexibility index (Phi) is 3.87. The maximum absolute atomic E-state index is 11.9. The van der Waals surface area contributed by atoms with E-state index in [-0.39, 0.29) is 23.9 Å². The van der Waals surface area contributed by atoms with Crippen molar-refractivity contribution in [2.75, 3.05) is 0 Å². The van der Waals surface area contributed by atoms with Crippen molar-refractivity contribution in [1.29, 1.82) is 0 Å². The molecule has 0 aliphatic rings. The number of hydrogen-bond acceptors (Lipinski definition) is 6. The fraction of sp³-hybridized carbons (Fsp3) is 0.182. The van der Waals surface area contributed by atoms with Gasteiger partial charge in [-0.15, -0.1) is 13.2 Å². The Labute approximate surface area is 110 Å². The molecule has 0 aliphatic carbocycles. The molecule has 6 nitrogen and oxygen atoms in total. The third kappa shape index (κ3) is 3.97. The highest BCUT2D eigenvalue weighted by atomic mass is 19.4. The van der Waals surface area contributed by atoms with E-state index >= 15 is 0 Å². The first-order chi connectivity index (χ1) is 9.46. The predicted molar refractivity (Wildman–Crippen MR) is 57.1 cm³/mol. The molecule has 0 radical (unpaired) electrons. The molecule has 2 aromatic rings. The Hall–Kier alpha value is -2.58. The summed E-state index contributed by atoms with van der Waals surface area (Å²) < 4.78 is 49.4. The number of carbonyl (C=O) groups is 1. The van der Waals surface area contributed by atoms with Crippen LogP contribution in [-0.4, -0.2) is 22.6 Å². The second kappa shape index (κ2) is 5.59. The zero-order valence-corrected chi connectivity index (χ0v) is 9.76. The molecule has 0 bridgehead atoms. The first-order valence-corrected chi connectivity index (χ1v) is 5.20. The minimum atomic E-state index is -4.79. The number of rotatable bonds is 5. The van der Waals surface area contributed by atoms with Crippen LogP contribution in [0.5, 0.6) is 11.6 Å². The van der Waals surface area contributed by atoms with Crippen molar-refractivity contribution < 1.29 is 31.9 Å². The van der Waals surface area contributed by atoms with E-state index in [1.165, 1.54) is 6.07 Å². The van der Waals surface area contributed by atoms with Crippen molar-refractivity contribution in [2.45, 2.75) is 13.0 Å². The topological polar surface area (TPSA) is 74.5 Å². The molecule has 0 N–H and O–H groups in total. The van der Waals surface area contributed by atoms with Crippen LogP contribution >= 0.6 is 0 Å². The van der Waals surface area contributed by atoms with E-state index in [9.17, 15) is 18.0 Å². The highest BCUT2D eigenvalue weighted by molar-refractivity contribution is 5.70. The number of aromatic nitrogens is 2. The molecule has 2 heterocycles. The number of carbonyl (C=O) groups excluding carboxylic acids is 1. The number of ether oxygens (including phenoxy) is 2. The van der Waals surface area contributed by atoms with Crippen LogP contribution in [0.4, 0.5) is 13.2 Å². The summed E-state index contributed by atoms with van der Waals surface area (Å²) in [6, 6.07) is 2.26. The monoisotopic (exact) mass is 288 g/mol. The smallest absolute Gasteiger partial charge is 0.482 e. The van der Waals surface area contributed by atoms with E-state index in [4.69, 9.17) is 9.15 Å². The van der Waals surface area contributed by atoms with Gasteiger partial charge in [-0.2, -0.15) is 0 Å². The van der Waals surface area contributed by atoms with Gasteiger partial charge < -0.3 is 13.9 Å². The minimum Gasteiger partial charge on any atom is -0.482 e.